The molecule has 0 unspecified atom stereocenters. The summed E-state index contributed by atoms with van der Waals surface area (Å²) in [5.41, 5.74) is 0. The first-order valence-corrected chi connectivity index (χ1v) is 10.8. The topological polar surface area (TPSA) is 69.6 Å². The molecule has 0 rings (SSSR count). The normalized spacial score (nSPS) is 12.6. The Morgan fingerprint density at radius 1 is 0.926 bits per heavy atom. The van der Waals surface area contributed by atoms with Crippen LogP contribution < -0.4 is 5.32 Å². The second kappa shape index (κ2) is 18.0. The average Bonchev–Trinajstić information content (AvgIpc) is 2.61. The van der Waals surface area contributed by atoms with Crippen molar-refractivity contribution in [3.63, 3.8) is 0 Å². The summed E-state index contributed by atoms with van der Waals surface area (Å²) >= 11 is 0. The van der Waals surface area contributed by atoms with Crippen LogP contribution in [0.1, 0.15) is 90.4 Å². The highest BCUT2D eigenvalue weighted by Crippen LogP contribution is 2.08. The minimum Gasteiger partial charge on any atom is -0.480 e. The molecule has 0 saturated carbocycles. The Balaban J connectivity index is 3.49. The molecule has 0 aliphatic carbocycles. The van der Waals surface area contributed by atoms with Crippen molar-refractivity contribution in [2.24, 2.45) is 0 Å². The van der Waals surface area contributed by atoms with E-state index in [-0.39, 0.29) is 5.91 Å². The molecule has 0 aromatic rings. The fraction of sp³-hybridized carbons (Fsp3) is 0.818. The Hall–Kier alpha value is -1.36. The number of carbonyl (C=O) groups is 2. The van der Waals surface area contributed by atoms with Crippen LogP contribution in [0.15, 0.2) is 12.2 Å². The van der Waals surface area contributed by atoms with Crippen molar-refractivity contribution >= 4 is 11.9 Å². The van der Waals surface area contributed by atoms with Crippen LogP contribution in [-0.2, 0) is 9.59 Å². The molecule has 5 heteroatoms. The number of nitrogens with one attached hydrogen (secondary N) is 1. The molecule has 2 N–H and O–H groups in total. The molecule has 0 saturated heterocycles. The quantitative estimate of drug-likeness (QED) is 0.265. The highest BCUT2D eigenvalue weighted by Gasteiger charge is 2.18. The summed E-state index contributed by atoms with van der Waals surface area (Å²) in [4.78, 5) is 24.6. The lowest BCUT2D eigenvalue weighted by molar-refractivity contribution is -0.142. The van der Waals surface area contributed by atoms with E-state index in [1.165, 1.54) is 38.5 Å². The number of nitrogens with zero attached hydrogens (tertiary/aromatic N) is 1. The van der Waals surface area contributed by atoms with Crippen LogP contribution in [0.3, 0.4) is 0 Å². The number of hydrogen-bond donors (Lipinski definition) is 2. The first-order valence-electron chi connectivity index (χ1n) is 10.8. The minimum absolute atomic E-state index is 0.0988. The number of allylic oxidation sites excluding steroid dienone is 2. The van der Waals surface area contributed by atoms with Gasteiger partial charge in [-0.05, 0) is 59.0 Å². The number of likely N-dealkylation sites (N-methyl/N-ethyl adjacent to an activating group) is 1. The number of unbranched alkanes of at least 4 members (excludes halogenated alkanes) is 8. The Kier molecular flexibility index (Phi) is 17.1. The SMILES string of the molecule is CCCCCCCC/C=C/CCCC(=O)NCCCC[C@@H](C(=O)O)N(C)C. The summed E-state index contributed by atoms with van der Waals surface area (Å²) in [6.45, 7) is 2.87. The average molecular weight is 383 g/mol. The van der Waals surface area contributed by atoms with Gasteiger partial charge in [-0.15, -0.1) is 0 Å². The molecule has 0 aliphatic heterocycles. The molecule has 158 valence electrons. The highest BCUT2D eigenvalue weighted by atomic mass is 16.4. The van der Waals surface area contributed by atoms with Crippen molar-refractivity contribution in [1.29, 1.82) is 0 Å². The van der Waals surface area contributed by atoms with Crippen LogP contribution in [-0.4, -0.2) is 48.6 Å². The zero-order chi connectivity index (χ0) is 20.3. The Morgan fingerprint density at radius 2 is 1.56 bits per heavy atom. The van der Waals surface area contributed by atoms with E-state index in [0.717, 1.165) is 32.1 Å². The summed E-state index contributed by atoms with van der Waals surface area (Å²) in [7, 11) is 3.56. The van der Waals surface area contributed by atoms with E-state index in [1.807, 2.05) is 0 Å². The maximum Gasteiger partial charge on any atom is 0.320 e. The summed E-state index contributed by atoms with van der Waals surface area (Å²) < 4.78 is 0. The largest absolute Gasteiger partial charge is 0.480 e. The van der Waals surface area contributed by atoms with Gasteiger partial charge in [0.25, 0.3) is 0 Å². The third kappa shape index (κ3) is 16.5. The van der Waals surface area contributed by atoms with E-state index >= 15 is 0 Å². The lowest BCUT2D eigenvalue weighted by atomic mass is 10.1. The Bertz CT molecular complexity index is 408. The van der Waals surface area contributed by atoms with E-state index in [2.05, 4.69) is 24.4 Å². The van der Waals surface area contributed by atoms with E-state index in [0.29, 0.717) is 19.4 Å². The second-order valence-electron chi connectivity index (χ2n) is 7.58. The first kappa shape index (κ1) is 25.6. The van der Waals surface area contributed by atoms with Gasteiger partial charge in [0.15, 0.2) is 0 Å². The third-order valence-electron chi connectivity index (χ3n) is 4.80. The molecule has 0 fully saturated rings. The molecule has 0 bridgehead atoms. The number of carbonyl (C=O) groups excluding carboxylic acids is 1. The van der Waals surface area contributed by atoms with Crippen LogP contribution >= 0.6 is 0 Å². The third-order valence-corrected chi connectivity index (χ3v) is 4.80. The first-order chi connectivity index (χ1) is 13.0. The number of carboxylic acids is 1. The number of carboxylic acid groups (broad SMARTS) is 1. The number of rotatable bonds is 18. The Morgan fingerprint density at radius 3 is 2.19 bits per heavy atom. The van der Waals surface area contributed by atoms with Crippen LogP contribution in [0, 0.1) is 0 Å². The summed E-state index contributed by atoms with van der Waals surface area (Å²) in [6.07, 6.45) is 18.2. The molecule has 1 amide bonds. The summed E-state index contributed by atoms with van der Waals surface area (Å²) in [5.74, 6) is -0.685. The molecule has 0 aromatic heterocycles. The summed E-state index contributed by atoms with van der Waals surface area (Å²) in [5, 5.41) is 12.0. The molecule has 0 aliphatic rings. The van der Waals surface area contributed by atoms with Crippen molar-refractivity contribution in [2.75, 3.05) is 20.6 Å². The van der Waals surface area contributed by atoms with Crippen LogP contribution in [0.5, 0.6) is 0 Å². The smallest absolute Gasteiger partial charge is 0.320 e. The molecule has 0 heterocycles. The van der Waals surface area contributed by atoms with E-state index in [1.54, 1.807) is 19.0 Å². The number of hydrogen-bond acceptors (Lipinski definition) is 3. The van der Waals surface area contributed by atoms with Gasteiger partial charge in [0.2, 0.25) is 5.91 Å². The van der Waals surface area contributed by atoms with Crippen molar-refractivity contribution < 1.29 is 14.7 Å². The van der Waals surface area contributed by atoms with E-state index < -0.39 is 12.0 Å². The van der Waals surface area contributed by atoms with Gasteiger partial charge in [-0.1, -0.05) is 51.2 Å². The second-order valence-corrected chi connectivity index (χ2v) is 7.58. The van der Waals surface area contributed by atoms with Gasteiger partial charge >= 0.3 is 5.97 Å². The van der Waals surface area contributed by atoms with Crippen LogP contribution in [0.25, 0.3) is 0 Å². The highest BCUT2D eigenvalue weighted by molar-refractivity contribution is 5.75. The molecule has 0 radical (unpaired) electrons. The lowest BCUT2D eigenvalue weighted by Crippen LogP contribution is -2.35. The van der Waals surface area contributed by atoms with Gasteiger partial charge in [0.05, 0.1) is 0 Å². The van der Waals surface area contributed by atoms with Gasteiger partial charge in [-0.25, -0.2) is 0 Å². The van der Waals surface area contributed by atoms with Gasteiger partial charge in [0.1, 0.15) is 6.04 Å². The fourth-order valence-corrected chi connectivity index (χ4v) is 3.04. The van der Waals surface area contributed by atoms with Gasteiger partial charge < -0.3 is 10.4 Å². The standard InChI is InChI=1S/C22H42N2O3/c1-4-5-6-7-8-9-10-11-12-13-14-18-21(25)23-19-16-15-17-20(22(26)27)24(2)3/h11-12,20H,4-10,13-19H2,1-3H3,(H,23,25)(H,26,27)/b12-11+/t20-/m0/s1. The molecule has 5 nitrogen and oxygen atoms in total. The fourth-order valence-electron chi connectivity index (χ4n) is 3.04. The molecule has 0 aromatic carbocycles. The van der Waals surface area contributed by atoms with Gasteiger partial charge in [-0.2, -0.15) is 0 Å². The van der Waals surface area contributed by atoms with Crippen LogP contribution in [0.4, 0.5) is 0 Å². The van der Waals surface area contributed by atoms with Gasteiger partial charge in [-0.3, -0.25) is 14.5 Å². The van der Waals surface area contributed by atoms with Crippen molar-refractivity contribution in [3.05, 3.63) is 12.2 Å². The van der Waals surface area contributed by atoms with Crippen molar-refractivity contribution in [2.45, 2.75) is 96.4 Å². The maximum atomic E-state index is 11.8. The zero-order valence-electron chi connectivity index (χ0n) is 17.8. The Labute approximate surface area is 166 Å². The van der Waals surface area contributed by atoms with Crippen LogP contribution in [0.2, 0.25) is 0 Å². The number of amides is 1. The number of aliphatic carboxylic acids is 1. The molecular formula is C22H42N2O3. The molecule has 1 atom stereocenters. The zero-order valence-corrected chi connectivity index (χ0v) is 17.8. The van der Waals surface area contributed by atoms with E-state index in [9.17, 15) is 9.59 Å². The lowest BCUT2D eigenvalue weighted by Gasteiger charge is -2.19. The maximum absolute atomic E-state index is 11.8. The molecular weight excluding hydrogens is 340 g/mol. The van der Waals surface area contributed by atoms with Gasteiger partial charge in [0, 0.05) is 13.0 Å². The monoisotopic (exact) mass is 382 g/mol. The molecule has 0 spiro atoms. The minimum atomic E-state index is -0.784. The van der Waals surface area contributed by atoms with E-state index in [4.69, 9.17) is 5.11 Å². The molecule has 27 heavy (non-hydrogen) atoms. The summed E-state index contributed by atoms with van der Waals surface area (Å²) in [6, 6.07) is -0.441. The predicted octanol–water partition coefficient (Wildman–Crippen LogP) is 4.76. The van der Waals surface area contributed by atoms with Crippen molar-refractivity contribution in [1.82, 2.24) is 10.2 Å². The van der Waals surface area contributed by atoms with Crippen molar-refractivity contribution in [3.8, 4) is 0 Å². The predicted molar refractivity (Wildman–Crippen MR) is 113 cm³/mol.